The van der Waals surface area contributed by atoms with Gasteiger partial charge in [-0.05, 0) is 6.07 Å². The second-order valence-electron chi connectivity index (χ2n) is 3.42. The van der Waals surface area contributed by atoms with E-state index < -0.39 is 17.8 Å². The van der Waals surface area contributed by atoms with Crippen LogP contribution in [0.3, 0.4) is 0 Å². The van der Waals surface area contributed by atoms with E-state index >= 15 is 0 Å². The van der Waals surface area contributed by atoms with Crippen molar-refractivity contribution in [2.24, 2.45) is 0 Å². The smallest absolute Gasteiger partial charge is 0.268 e. The molecule has 1 unspecified atom stereocenters. The lowest BCUT2D eigenvalue weighted by atomic mass is 10.0. The van der Waals surface area contributed by atoms with Crippen molar-refractivity contribution < 1.29 is 13.2 Å². The minimum absolute atomic E-state index is 0. The molecule has 2 rings (SSSR count). The van der Waals surface area contributed by atoms with Crippen LogP contribution in [0.5, 0.6) is 0 Å². The molecule has 1 N–H and O–H groups in total. The Morgan fingerprint density at radius 1 is 1.27 bits per heavy atom. The number of hydrogen-bond donors (Lipinski definition) is 1. The molecule has 1 aromatic rings. The molecule has 15 heavy (non-hydrogen) atoms. The predicted octanol–water partition coefficient (Wildman–Crippen LogP) is 2.92. The number of hydrogen-bond acceptors (Lipinski definition) is 1. The molecule has 1 heterocycles. The summed E-state index contributed by atoms with van der Waals surface area (Å²) in [5.41, 5.74) is 0.0509. The molecule has 0 bridgehead atoms. The topological polar surface area (TPSA) is 12.0 Å². The molecule has 1 saturated heterocycles. The summed E-state index contributed by atoms with van der Waals surface area (Å²) in [4.78, 5) is 0. The van der Waals surface area contributed by atoms with Crippen LogP contribution in [-0.2, 0) is 0 Å². The van der Waals surface area contributed by atoms with E-state index in [1.54, 1.807) is 6.07 Å². The molecule has 0 aliphatic carbocycles. The van der Waals surface area contributed by atoms with Crippen molar-refractivity contribution in [3.05, 3.63) is 35.6 Å². The first-order chi connectivity index (χ1) is 6.61. The van der Waals surface area contributed by atoms with Gasteiger partial charge in [0.25, 0.3) is 5.92 Å². The molecule has 5 heteroatoms. The fourth-order valence-electron chi connectivity index (χ4n) is 1.72. The Labute approximate surface area is 92.1 Å². The van der Waals surface area contributed by atoms with E-state index in [1.807, 2.05) is 0 Å². The Balaban J connectivity index is 0.00000112. The van der Waals surface area contributed by atoms with Gasteiger partial charge in [-0.15, -0.1) is 12.4 Å². The highest BCUT2D eigenvalue weighted by Crippen LogP contribution is 2.38. The van der Waals surface area contributed by atoms with Gasteiger partial charge < -0.3 is 5.32 Å². The number of alkyl halides is 2. The summed E-state index contributed by atoms with van der Waals surface area (Å²) >= 11 is 0. The summed E-state index contributed by atoms with van der Waals surface area (Å²) < 4.78 is 39.7. The maximum atomic E-state index is 13.2. The Bertz CT molecular complexity index is 343. The van der Waals surface area contributed by atoms with Crippen LogP contribution in [0.4, 0.5) is 13.2 Å². The van der Waals surface area contributed by atoms with Gasteiger partial charge in [0.05, 0.1) is 6.04 Å². The third-order valence-electron chi connectivity index (χ3n) is 2.45. The van der Waals surface area contributed by atoms with Crippen molar-refractivity contribution in [3.8, 4) is 0 Å². The first kappa shape index (κ1) is 12.3. The van der Waals surface area contributed by atoms with Crippen LogP contribution in [0.15, 0.2) is 24.3 Å². The molecule has 1 aliphatic rings. The summed E-state index contributed by atoms with van der Waals surface area (Å²) in [7, 11) is 0. The minimum Gasteiger partial charge on any atom is -0.305 e. The Hall–Kier alpha value is -0.740. The van der Waals surface area contributed by atoms with Gasteiger partial charge in [-0.1, -0.05) is 18.2 Å². The highest BCUT2D eigenvalue weighted by molar-refractivity contribution is 5.85. The van der Waals surface area contributed by atoms with E-state index in [9.17, 15) is 13.2 Å². The molecule has 1 aliphatic heterocycles. The molecule has 1 nitrogen and oxygen atoms in total. The monoisotopic (exact) mass is 237 g/mol. The second-order valence-corrected chi connectivity index (χ2v) is 3.42. The van der Waals surface area contributed by atoms with Crippen molar-refractivity contribution >= 4 is 12.4 Å². The largest absolute Gasteiger partial charge is 0.305 e. The van der Waals surface area contributed by atoms with Crippen molar-refractivity contribution in [1.82, 2.24) is 5.32 Å². The summed E-state index contributed by atoms with van der Waals surface area (Å²) in [6.45, 7) is 0.228. The van der Waals surface area contributed by atoms with Gasteiger partial charge in [0.1, 0.15) is 5.82 Å². The van der Waals surface area contributed by atoms with E-state index in [-0.39, 0.29) is 30.9 Å². The average molecular weight is 238 g/mol. The van der Waals surface area contributed by atoms with Crippen molar-refractivity contribution in [2.75, 3.05) is 6.54 Å². The summed E-state index contributed by atoms with van der Waals surface area (Å²) in [5.74, 6) is -3.42. The second kappa shape index (κ2) is 4.41. The third-order valence-corrected chi connectivity index (χ3v) is 2.45. The van der Waals surface area contributed by atoms with Crippen molar-refractivity contribution in [3.63, 3.8) is 0 Å². The molecule has 1 fully saturated rings. The lowest BCUT2D eigenvalue weighted by molar-refractivity contribution is -0.0126. The minimum atomic E-state index is -2.85. The predicted molar refractivity (Wildman–Crippen MR) is 54.0 cm³/mol. The SMILES string of the molecule is Cl.Fc1ccccc1C1NCCC1(F)F. The highest BCUT2D eigenvalue weighted by atomic mass is 35.5. The molecule has 0 spiro atoms. The third kappa shape index (κ3) is 2.26. The van der Waals surface area contributed by atoms with Crippen LogP contribution in [0, 0.1) is 5.82 Å². The molecular formula is C10H11ClF3N. The standard InChI is InChI=1S/C10H10F3N.ClH/c11-8-4-2-1-3-7(8)9-10(12,13)5-6-14-9;/h1-4,9,14H,5-6H2;1H. The van der Waals surface area contributed by atoms with E-state index in [1.165, 1.54) is 18.2 Å². The maximum absolute atomic E-state index is 13.2. The average Bonchev–Trinajstić information content (AvgIpc) is 2.46. The lowest BCUT2D eigenvalue weighted by Crippen LogP contribution is -2.27. The van der Waals surface area contributed by atoms with Crippen LogP contribution < -0.4 is 5.32 Å². The zero-order valence-corrected chi connectivity index (χ0v) is 8.66. The van der Waals surface area contributed by atoms with E-state index in [0.29, 0.717) is 0 Å². The summed E-state index contributed by atoms with van der Waals surface area (Å²) in [6, 6.07) is 4.47. The van der Waals surface area contributed by atoms with Crippen LogP contribution in [0.2, 0.25) is 0 Å². The fourth-order valence-corrected chi connectivity index (χ4v) is 1.72. The van der Waals surface area contributed by atoms with Gasteiger partial charge >= 0.3 is 0 Å². The maximum Gasteiger partial charge on any atom is 0.268 e. The van der Waals surface area contributed by atoms with Crippen molar-refractivity contribution in [1.29, 1.82) is 0 Å². The van der Waals surface area contributed by atoms with Gasteiger partial charge in [0, 0.05) is 18.5 Å². The zero-order chi connectivity index (χ0) is 10.2. The van der Waals surface area contributed by atoms with E-state index in [4.69, 9.17) is 0 Å². The first-order valence-electron chi connectivity index (χ1n) is 4.47. The van der Waals surface area contributed by atoms with Gasteiger partial charge in [-0.25, -0.2) is 13.2 Å². The van der Waals surface area contributed by atoms with Crippen LogP contribution >= 0.6 is 12.4 Å². The molecule has 0 radical (unpaired) electrons. The summed E-state index contributed by atoms with van der Waals surface area (Å²) in [5, 5.41) is 2.61. The Kier molecular flexibility index (Phi) is 3.62. The number of halogens is 4. The number of rotatable bonds is 1. The molecule has 1 aromatic carbocycles. The highest BCUT2D eigenvalue weighted by Gasteiger charge is 2.45. The molecule has 0 aromatic heterocycles. The normalized spacial score (nSPS) is 23.5. The summed E-state index contributed by atoms with van der Waals surface area (Å²) in [6.07, 6.45) is -0.230. The van der Waals surface area contributed by atoms with E-state index in [0.717, 1.165) is 0 Å². The van der Waals surface area contributed by atoms with Crippen LogP contribution in [-0.4, -0.2) is 12.5 Å². The number of benzene rings is 1. The Morgan fingerprint density at radius 3 is 2.47 bits per heavy atom. The Morgan fingerprint density at radius 2 is 1.93 bits per heavy atom. The molecule has 0 amide bonds. The van der Waals surface area contributed by atoms with E-state index in [2.05, 4.69) is 5.32 Å². The van der Waals surface area contributed by atoms with Gasteiger partial charge in [-0.2, -0.15) is 0 Å². The first-order valence-corrected chi connectivity index (χ1v) is 4.47. The van der Waals surface area contributed by atoms with Gasteiger partial charge in [0.15, 0.2) is 0 Å². The molecule has 84 valence electrons. The molecule has 0 saturated carbocycles. The number of nitrogens with one attached hydrogen (secondary N) is 1. The van der Waals surface area contributed by atoms with Crippen LogP contribution in [0.25, 0.3) is 0 Å². The fraction of sp³-hybridized carbons (Fsp3) is 0.400. The van der Waals surface area contributed by atoms with Crippen LogP contribution in [0.1, 0.15) is 18.0 Å². The lowest BCUT2D eigenvalue weighted by Gasteiger charge is -2.19. The van der Waals surface area contributed by atoms with Gasteiger partial charge in [-0.3, -0.25) is 0 Å². The molecular weight excluding hydrogens is 227 g/mol. The van der Waals surface area contributed by atoms with Crippen molar-refractivity contribution in [2.45, 2.75) is 18.4 Å². The van der Waals surface area contributed by atoms with Gasteiger partial charge in [0.2, 0.25) is 0 Å². The quantitative estimate of drug-likeness (QED) is 0.792. The zero-order valence-electron chi connectivity index (χ0n) is 7.84. The molecule has 1 atom stereocenters.